The zero-order valence-corrected chi connectivity index (χ0v) is 17.1. The van der Waals surface area contributed by atoms with E-state index >= 15 is 0 Å². The molecule has 0 aliphatic rings. The first-order chi connectivity index (χ1) is 13.6. The number of rotatable bonds is 5. The fourth-order valence-electron chi connectivity index (χ4n) is 3.10. The summed E-state index contributed by atoms with van der Waals surface area (Å²) < 4.78 is 0. The summed E-state index contributed by atoms with van der Waals surface area (Å²) in [4.78, 5) is 17.8. The standard InChI is InChI=1S/C22H16Cl2N2OS/c23-19-10-4-8-16(21(19)24)11-17-13-25-22(28-17)26-20(27)12-15-7-3-6-14-5-1-2-9-18(14)15/h1-10,13H,11-12H2,(H,25,26,27). The van der Waals surface area contributed by atoms with Crippen molar-refractivity contribution < 1.29 is 4.79 Å². The largest absolute Gasteiger partial charge is 0.302 e. The number of amides is 1. The molecule has 0 spiro atoms. The average molecular weight is 427 g/mol. The molecule has 0 fully saturated rings. The van der Waals surface area contributed by atoms with Crippen molar-refractivity contribution in [2.75, 3.05) is 5.32 Å². The van der Waals surface area contributed by atoms with Gasteiger partial charge in [-0.25, -0.2) is 4.98 Å². The molecule has 0 aliphatic heterocycles. The van der Waals surface area contributed by atoms with E-state index in [9.17, 15) is 4.79 Å². The number of nitrogens with one attached hydrogen (secondary N) is 1. The molecule has 0 unspecified atom stereocenters. The molecular formula is C22H16Cl2N2OS. The van der Waals surface area contributed by atoms with Gasteiger partial charge < -0.3 is 5.32 Å². The Bertz CT molecular complexity index is 1150. The molecule has 28 heavy (non-hydrogen) atoms. The van der Waals surface area contributed by atoms with Crippen LogP contribution in [-0.4, -0.2) is 10.9 Å². The maximum atomic E-state index is 12.5. The van der Waals surface area contributed by atoms with Crippen molar-refractivity contribution >= 4 is 56.3 Å². The van der Waals surface area contributed by atoms with Crippen molar-refractivity contribution in [1.82, 2.24) is 4.98 Å². The monoisotopic (exact) mass is 426 g/mol. The third-order valence-corrected chi connectivity index (χ3v) is 6.20. The summed E-state index contributed by atoms with van der Waals surface area (Å²) in [5.41, 5.74) is 1.93. The molecule has 3 nitrogen and oxygen atoms in total. The van der Waals surface area contributed by atoms with Gasteiger partial charge in [0.2, 0.25) is 5.91 Å². The van der Waals surface area contributed by atoms with Crippen LogP contribution in [-0.2, 0) is 17.6 Å². The van der Waals surface area contributed by atoms with Crippen LogP contribution in [0.5, 0.6) is 0 Å². The summed E-state index contributed by atoms with van der Waals surface area (Å²) in [5.74, 6) is -0.0851. The smallest absolute Gasteiger partial charge is 0.230 e. The number of aromatic nitrogens is 1. The second kappa shape index (κ2) is 8.31. The SMILES string of the molecule is O=C(Cc1cccc2ccccc12)Nc1ncc(Cc2cccc(Cl)c2Cl)s1. The Hall–Kier alpha value is -2.40. The third kappa shape index (κ3) is 4.20. The van der Waals surface area contributed by atoms with Crippen LogP contribution in [0.25, 0.3) is 10.8 Å². The maximum absolute atomic E-state index is 12.5. The lowest BCUT2D eigenvalue weighted by atomic mass is 10.0. The first-order valence-electron chi connectivity index (χ1n) is 8.74. The summed E-state index contributed by atoms with van der Waals surface area (Å²) in [6, 6.07) is 19.6. The van der Waals surface area contributed by atoms with Crippen LogP contribution >= 0.6 is 34.5 Å². The number of hydrogen-bond donors (Lipinski definition) is 1. The van der Waals surface area contributed by atoms with Gasteiger partial charge in [-0.2, -0.15) is 0 Å². The molecule has 4 rings (SSSR count). The molecule has 4 aromatic rings. The number of anilines is 1. The van der Waals surface area contributed by atoms with Crippen molar-refractivity contribution in [1.29, 1.82) is 0 Å². The van der Waals surface area contributed by atoms with Crippen LogP contribution in [0.2, 0.25) is 10.0 Å². The molecule has 0 radical (unpaired) electrons. The zero-order valence-electron chi connectivity index (χ0n) is 14.8. The minimum absolute atomic E-state index is 0.0851. The molecule has 0 aliphatic carbocycles. The van der Waals surface area contributed by atoms with Crippen LogP contribution in [0.1, 0.15) is 16.0 Å². The van der Waals surface area contributed by atoms with Gasteiger partial charge in [0, 0.05) is 17.5 Å². The fourth-order valence-corrected chi connectivity index (χ4v) is 4.34. The number of thiazole rings is 1. The number of fused-ring (bicyclic) bond motifs is 1. The molecule has 0 bridgehead atoms. The van der Waals surface area contributed by atoms with E-state index in [4.69, 9.17) is 23.2 Å². The number of halogens is 2. The molecule has 0 saturated carbocycles. The Morgan fingerprint density at radius 2 is 1.71 bits per heavy atom. The van der Waals surface area contributed by atoms with Gasteiger partial charge >= 0.3 is 0 Å². The quantitative estimate of drug-likeness (QED) is 0.402. The molecule has 1 N–H and O–H groups in total. The summed E-state index contributed by atoms with van der Waals surface area (Å²) in [7, 11) is 0. The first kappa shape index (κ1) is 18.9. The topological polar surface area (TPSA) is 42.0 Å². The van der Waals surface area contributed by atoms with E-state index in [1.54, 1.807) is 12.3 Å². The van der Waals surface area contributed by atoms with Crippen molar-refractivity contribution in [3.05, 3.63) is 92.9 Å². The molecular weight excluding hydrogens is 411 g/mol. The third-order valence-electron chi connectivity index (χ3n) is 4.43. The highest BCUT2D eigenvalue weighted by Crippen LogP contribution is 2.29. The first-order valence-corrected chi connectivity index (χ1v) is 10.3. The molecule has 1 aromatic heterocycles. The minimum Gasteiger partial charge on any atom is -0.302 e. The predicted octanol–water partition coefficient (Wildman–Crippen LogP) is 6.38. The summed E-state index contributed by atoms with van der Waals surface area (Å²) >= 11 is 13.8. The minimum atomic E-state index is -0.0851. The molecule has 0 atom stereocenters. The van der Waals surface area contributed by atoms with Crippen molar-refractivity contribution in [3.8, 4) is 0 Å². The van der Waals surface area contributed by atoms with Gasteiger partial charge in [-0.15, -0.1) is 11.3 Å². The predicted molar refractivity (Wildman–Crippen MR) is 118 cm³/mol. The van der Waals surface area contributed by atoms with E-state index in [1.807, 2.05) is 54.6 Å². The van der Waals surface area contributed by atoms with E-state index in [0.29, 0.717) is 28.0 Å². The number of nitrogens with zero attached hydrogens (tertiary/aromatic N) is 1. The van der Waals surface area contributed by atoms with Crippen LogP contribution in [0.15, 0.2) is 66.9 Å². The normalized spacial score (nSPS) is 10.9. The highest BCUT2D eigenvalue weighted by Gasteiger charge is 2.11. The lowest BCUT2D eigenvalue weighted by Crippen LogP contribution is -2.14. The number of benzene rings is 3. The Balaban J connectivity index is 1.45. The van der Waals surface area contributed by atoms with Crippen LogP contribution in [0, 0.1) is 0 Å². The number of hydrogen-bond acceptors (Lipinski definition) is 3. The lowest BCUT2D eigenvalue weighted by molar-refractivity contribution is -0.115. The Morgan fingerprint density at radius 1 is 0.964 bits per heavy atom. The Kier molecular flexibility index (Phi) is 5.62. The second-order valence-electron chi connectivity index (χ2n) is 6.38. The van der Waals surface area contributed by atoms with E-state index in [0.717, 1.165) is 26.8 Å². The molecule has 1 heterocycles. The van der Waals surface area contributed by atoms with Crippen LogP contribution < -0.4 is 5.32 Å². The highest BCUT2D eigenvalue weighted by molar-refractivity contribution is 7.15. The van der Waals surface area contributed by atoms with Crippen molar-refractivity contribution in [2.24, 2.45) is 0 Å². The van der Waals surface area contributed by atoms with E-state index in [-0.39, 0.29) is 5.91 Å². The van der Waals surface area contributed by atoms with Gasteiger partial charge in [0.15, 0.2) is 5.13 Å². The van der Waals surface area contributed by atoms with E-state index < -0.39 is 0 Å². The molecule has 140 valence electrons. The van der Waals surface area contributed by atoms with Crippen LogP contribution in [0.3, 0.4) is 0 Å². The summed E-state index contributed by atoms with van der Waals surface area (Å²) in [6.45, 7) is 0. The number of carbonyl (C=O) groups is 1. The number of carbonyl (C=O) groups excluding carboxylic acids is 1. The fraction of sp³-hybridized carbons (Fsp3) is 0.0909. The zero-order chi connectivity index (χ0) is 19.5. The summed E-state index contributed by atoms with van der Waals surface area (Å²) in [6.07, 6.45) is 2.68. The van der Waals surface area contributed by atoms with E-state index in [2.05, 4.69) is 10.3 Å². The van der Waals surface area contributed by atoms with Gasteiger partial charge in [-0.3, -0.25) is 4.79 Å². The molecule has 6 heteroatoms. The Morgan fingerprint density at radius 3 is 2.61 bits per heavy atom. The van der Waals surface area contributed by atoms with Crippen molar-refractivity contribution in [2.45, 2.75) is 12.8 Å². The molecule has 0 saturated heterocycles. The van der Waals surface area contributed by atoms with Crippen LogP contribution in [0.4, 0.5) is 5.13 Å². The molecule has 3 aromatic carbocycles. The van der Waals surface area contributed by atoms with Gasteiger partial charge in [-0.1, -0.05) is 77.8 Å². The highest BCUT2D eigenvalue weighted by atomic mass is 35.5. The summed E-state index contributed by atoms with van der Waals surface area (Å²) in [5, 5.41) is 6.79. The average Bonchev–Trinajstić information content (AvgIpc) is 3.12. The van der Waals surface area contributed by atoms with Crippen molar-refractivity contribution in [3.63, 3.8) is 0 Å². The molecule has 1 amide bonds. The van der Waals surface area contributed by atoms with Gasteiger partial charge in [0.1, 0.15) is 0 Å². The van der Waals surface area contributed by atoms with Gasteiger partial charge in [0.25, 0.3) is 0 Å². The van der Waals surface area contributed by atoms with E-state index in [1.165, 1.54) is 11.3 Å². The maximum Gasteiger partial charge on any atom is 0.230 e. The van der Waals surface area contributed by atoms with Gasteiger partial charge in [-0.05, 0) is 28.0 Å². The second-order valence-corrected chi connectivity index (χ2v) is 8.29. The lowest BCUT2D eigenvalue weighted by Gasteiger charge is -2.06. The Labute approximate surface area is 177 Å². The van der Waals surface area contributed by atoms with Gasteiger partial charge in [0.05, 0.1) is 16.5 Å².